The van der Waals surface area contributed by atoms with Gasteiger partial charge in [0.05, 0.1) is 6.04 Å². The SMILES string of the molecule is CNC(Cc1ccncc1)c1ccc(Cl)o1. The molecule has 0 saturated carbocycles. The van der Waals surface area contributed by atoms with Crippen LogP contribution >= 0.6 is 11.6 Å². The van der Waals surface area contributed by atoms with E-state index < -0.39 is 0 Å². The molecule has 1 atom stereocenters. The monoisotopic (exact) mass is 236 g/mol. The quantitative estimate of drug-likeness (QED) is 0.887. The van der Waals surface area contributed by atoms with E-state index in [0.29, 0.717) is 5.22 Å². The van der Waals surface area contributed by atoms with Crippen molar-refractivity contribution >= 4 is 11.6 Å². The number of hydrogen-bond donors (Lipinski definition) is 1. The fourth-order valence-electron chi connectivity index (χ4n) is 1.62. The third-order valence-corrected chi connectivity index (χ3v) is 2.68. The zero-order chi connectivity index (χ0) is 11.4. The number of hydrogen-bond acceptors (Lipinski definition) is 3. The van der Waals surface area contributed by atoms with Crippen molar-refractivity contribution in [3.8, 4) is 0 Å². The smallest absolute Gasteiger partial charge is 0.193 e. The van der Waals surface area contributed by atoms with Crippen molar-refractivity contribution in [3.63, 3.8) is 0 Å². The fraction of sp³-hybridized carbons (Fsp3) is 0.250. The van der Waals surface area contributed by atoms with Gasteiger partial charge in [0.1, 0.15) is 5.76 Å². The Kier molecular flexibility index (Phi) is 3.59. The Morgan fingerprint density at radius 2 is 2.06 bits per heavy atom. The number of halogens is 1. The largest absolute Gasteiger partial charge is 0.448 e. The first-order valence-corrected chi connectivity index (χ1v) is 5.49. The minimum absolute atomic E-state index is 0.134. The van der Waals surface area contributed by atoms with E-state index in [9.17, 15) is 0 Å². The predicted octanol–water partition coefficient (Wildman–Crippen LogP) is 2.83. The molecule has 0 aliphatic carbocycles. The standard InChI is InChI=1S/C12H13ClN2O/c1-14-10(11-2-3-12(13)16-11)8-9-4-6-15-7-5-9/h2-7,10,14H,8H2,1H3. The maximum absolute atomic E-state index is 5.76. The number of rotatable bonds is 4. The number of nitrogens with zero attached hydrogens (tertiary/aromatic N) is 1. The highest BCUT2D eigenvalue weighted by Gasteiger charge is 2.13. The van der Waals surface area contributed by atoms with Crippen molar-refractivity contribution in [2.24, 2.45) is 0 Å². The van der Waals surface area contributed by atoms with Crippen LogP contribution in [0.25, 0.3) is 0 Å². The molecule has 0 bridgehead atoms. The summed E-state index contributed by atoms with van der Waals surface area (Å²) in [6.07, 6.45) is 4.43. The van der Waals surface area contributed by atoms with Crippen LogP contribution in [0.1, 0.15) is 17.4 Å². The van der Waals surface area contributed by atoms with Gasteiger partial charge in [-0.2, -0.15) is 0 Å². The first-order valence-electron chi connectivity index (χ1n) is 5.11. The summed E-state index contributed by atoms with van der Waals surface area (Å²) < 4.78 is 5.40. The third-order valence-electron chi connectivity index (χ3n) is 2.48. The Hall–Kier alpha value is -1.32. The predicted molar refractivity (Wildman–Crippen MR) is 63.5 cm³/mol. The lowest BCUT2D eigenvalue weighted by Gasteiger charge is -2.13. The lowest BCUT2D eigenvalue weighted by Crippen LogP contribution is -2.18. The molecule has 2 aromatic rings. The van der Waals surface area contributed by atoms with Gasteiger partial charge in [-0.25, -0.2) is 0 Å². The molecule has 0 saturated heterocycles. The highest BCUT2D eigenvalue weighted by atomic mass is 35.5. The topological polar surface area (TPSA) is 38.1 Å². The summed E-state index contributed by atoms with van der Waals surface area (Å²) in [6.45, 7) is 0. The maximum Gasteiger partial charge on any atom is 0.193 e. The molecule has 0 aliphatic rings. The van der Waals surface area contributed by atoms with E-state index >= 15 is 0 Å². The zero-order valence-corrected chi connectivity index (χ0v) is 9.74. The van der Waals surface area contributed by atoms with Crippen LogP contribution in [0.3, 0.4) is 0 Å². The molecule has 84 valence electrons. The average Bonchev–Trinajstić information content (AvgIpc) is 2.74. The van der Waals surface area contributed by atoms with Crippen molar-refractivity contribution in [2.75, 3.05) is 7.05 Å². The number of furan rings is 1. The van der Waals surface area contributed by atoms with Crippen LogP contribution in [0.15, 0.2) is 41.1 Å². The van der Waals surface area contributed by atoms with Gasteiger partial charge in [-0.3, -0.25) is 4.98 Å². The van der Waals surface area contributed by atoms with Crippen molar-refractivity contribution in [2.45, 2.75) is 12.5 Å². The van der Waals surface area contributed by atoms with Crippen LogP contribution in [0.4, 0.5) is 0 Å². The normalized spacial score (nSPS) is 12.6. The summed E-state index contributed by atoms with van der Waals surface area (Å²) in [7, 11) is 1.91. The van der Waals surface area contributed by atoms with Gasteiger partial charge in [0.25, 0.3) is 0 Å². The summed E-state index contributed by atoms with van der Waals surface area (Å²) in [5.74, 6) is 0.851. The second kappa shape index (κ2) is 5.14. The number of likely N-dealkylation sites (N-methyl/N-ethyl adjacent to an activating group) is 1. The number of pyridine rings is 1. The average molecular weight is 237 g/mol. The van der Waals surface area contributed by atoms with Gasteiger partial charge in [-0.15, -0.1) is 0 Å². The highest BCUT2D eigenvalue weighted by Crippen LogP contribution is 2.22. The summed E-state index contributed by atoms with van der Waals surface area (Å²) in [5.41, 5.74) is 1.21. The Labute approximate surface area is 99.5 Å². The van der Waals surface area contributed by atoms with Crippen molar-refractivity contribution in [1.29, 1.82) is 0 Å². The van der Waals surface area contributed by atoms with Crippen molar-refractivity contribution in [3.05, 3.63) is 53.2 Å². The van der Waals surface area contributed by atoms with E-state index in [1.54, 1.807) is 18.5 Å². The number of nitrogens with one attached hydrogen (secondary N) is 1. The van der Waals surface area contributed by atoms with Gasteiger partial charge >= 0.3 is 0 Å². The second-order valence-corrected chi connectivity index (χ2v) is 3.92. The van der Waals surface area contributed by atoms with Gasteiger partial charge in [0, 0.05) is 12.4 Å². The van der Waals surface area contributed by atoms with Crippen LogP contribution in [0.5, 0.6) is 0 Å². The summed E-state index contributed by atoms with van der Waals surface area (Å²) in [5, 5.41) is 3.63. The van der Waals surface area contributed by atoms with Gasteiger partial charge < -0.3 is 9.73 Å². The highest BCUT2D eigenvalue weighted by molar-refractivity contribution is 6.28. The summed E-state index contributed by atoms with van der Waals surface area (Å²) in [6, 6.07) is 7.78. The molecule has 16 heavy (non-hydrogen) atoms. The Balaban J connectivity index is 2.12. The van der Waals surface area contributed by atoms with E-state index in [2.05, 4.69) is 10.3 Å². The Morgan fingerprint density at radius 3 is 2.62 bits per heavy atom. The zero-order valence-electron chi connectivity index (χ0n) is 8.98. The molecule has 0 aliphatic heterocycles. The molecule has 0 aromatic carbocycles. The molecule has 1 N–H and O–H groups in total. The lowest BCUT2D eigenvalue weighted by molar-refractivity contribution is 0.430. The molecular formula is C12H13ClN2O. The summed E-state index contributed by atoms with van der Waals surface area (Å²) >= 11 is 5.76. The van der Waals surface area contributed by atoms with Gasteiger partial charge in [0.15, 0.2) is 5.22 Å². The van der Waals surface area contributed by atoms with E-state index in [4.69, 9.17) is 16.0 Å². The molecule has 0 radical (unpaired) electrons. The molecule has 3 nitrogen and oxygen atoms in total. The van der Waals surface area contributed by atoms with E-state index in [1.165, 1.54) is 5.56 Å². The molecule has 4 heteroatoms. The van der Waals surface area contributed by atoms with Crippen LogP contribution < -0.4 is 5.32 Å². The molecule has 0 fully saturated rings. The van der Waals surface area contributed by atoms with Crippen molar-refractivity contribution in [1.82, 2.24) is 10.3 Å². The lowest BCUT2D eigenvalue weighted by atomic mass is 10.1. The Bertz CT molecular complexity index is 441. The molecule has 0 amide bonds. The second-order valence-electron chi connectivity index (χ2n) is 3.54. The van der Waals surface area contributed by atoms with E-state index in [0.717, 1.165) is 12.2 Å². The van der Waals surface area contributed by atoms with Crippen LogP contribution in [0, 0.1) is 0 Å². The van der Waals surface area contributed by atoms with Gasteiger partial charge in [-0.05, 0) is 54.9 Å². The van der Waals surface area contributed by atoms with Gasteiger partial charge in [0.2, 0.25) is 0 Å². The van der Waals surface area contributed by atoms with Crippen LogP contribution in [-0.4, -0.2) is 12.0 Å². The minimum Gasteiger partial charge on any atom is -0.448 e. The van der Waals surface area contributed by atoms with Crippen LogP contribution in [0.2, 0.25) is 5.22 Å². The third kappa shape index (κ3) is 2.62. The molecule has 1 unspecified atom stereocenters. The molecule has 2 heterocycles. The number of aromatic nitrogens is 1. The van der Waals surface area contributed by atoms with E-state index in [-0.39, 0.29) is 6.04 Å². The Morgan fingerprint density at radius 1 is 1.31 bits per heavy atom. The first kappa shape index (κ1) is 11.2. The van der Waals surface area contributed by atoms with Crippen molar-refractivity contribution < 1.29 is 4.42 Å². The minimum atomic E-state index is 0.134. The molecular weight excluding hydrogens is 224 g/mol. The van der Waals surface area contributed by atoms with Gasteiger partial charge in [-0.1, -0.05) is 0 Å². The maximum atomic E-state index is 5.76. The molecule has 0 spiro atoms. The molecule has 2 aromatic heterocycles. The van der Waals surface area contributed by atoms with Crippen LogP contribution in [-0.2, 0) is 6.42 Å². The molecule has 2 rings (SSSR count). The van der Waals surface area contributed by atoms with E-state index in [1.807, 2.05) is 25.2 Å². The fourth-order valence-corrected chi connectivity index (χ4v) is 1.77. The summed E-state index contributed by atoms with van der Waals surface area (Å²) in [4.78, 5) is 3.99. The first-order chi connectivity index (χ1) is 7.79.